The number of hydrogen-bond acceptors (Lipinski definition) is 8. The molecule has 29 heavy (non-hydrogen) atoms. The summed E-state index contributed by atoms with van der Waals surface area (Å²) in [6.07, 6.45) is -0.683. The number of nitrogens with one attached hydrogen (secondary N) is 2. The fourth-order valence-corrected chi connectivity index (χ4v) is 2.25. The second-order valence-corrected chi connectivity index (χ2v) is 5.83. The Hall–Kier alpha value is -3.30. The monoisotopic (exact) mass is 410 g/mol. The van der Waals surface area contributed by atoms with Crippen molar-refractivity contribution in [3.63, 3.8) is 0 Å². The molecule has 0 saturated heterocycles. The van der Waals surface area contributed by atoms with E-state index in [1.807, 2.05) is 0 Å². The van der Waals surface area contributed by atoms with E-state index in [1.165, 1.54) is 14.2 Å². The maximum Gasteiger partial charge on any atom is 0.412 e. The number of alkyl carbamates (subject to hydrolysis) is 1. The van der Waals surface area contributed by atoms with Crippen molar-refractivity contribution in [2.75, 3.05) is 33.9 Å². The first-order valence-electron chi connectivity index (χ1n) is 9.02. The lowest BCUT2D eigenvalue weighted by molar-refractivity contribution is -0.154. The van der Waals surface area contributed by atoms with Crippen LogP contribution in [-0.4, -0.2) is 58.0 Å². The summed E-state index contributed by atoms with van der Waals surface area (Å²) in [6, 6.07) is 8.59. The van der Waals surface area contributed by atoms with Crippen molar-refractivity contribution in [3.8, 4) is 5.75 Å². The fraction of sp³-hybridized carbons (Fsp3) is 0.474. The van der Waals surface area contributed by atoms with Crippen LogP contribution in [0.2, 0.25) is 0 Å². The molecule has 0 radical (unpaired) electrons. The molecule has 10 heteroatoms. The molecule has 0 fully saturated rings. The van der Waals surface area contributed by atoms with Gasteiger partial charge in [0.15, 0.2) is 0 Å². The van der Waals surface area contributed by atoms with Gasteiger partial charge in [-0.15, -0.1) is 0 Å². The van der Waals surface area contributed by atoms with Crippen LogP contribution >= 0.6 is 0 Å². The molecule has 2 N–H and O–H groups in total. The number of benzene rings is 1. The fourth-order valence-electron chi connectivity index (χ4n) is 2.25. The maximum atomic E-state index is 12.2. The molecule has 0 aliphatic heterocycles. The van der Waals surface area contributed by atoms with E-state index in [2.05, 4.69) is 20.1 Å². The third-order valence-electron chi connectivity index (χ3n) is 3.73. The van der Waals surface area contributed by atoms with Crippen molar-refractivity contribution in [1.29, 1.82) is 0 Å². The Morgan fingerprint density at radius 1 is 0.931 bits per heavy atom. The lowest BCUT2D eigenvalue weighted by atomic mass is 9.99. The Labute approximate surface area is 168 Å². The zero-order valence-electron chi connectivity index (χ0n) is 16.5. The number of hydrogen-bond donors (Lipinski definition) is 2. The van der Waals surface area contributed by atoms with Crippen LogP contribution in [0.15, 0.2) is 30.3 Å². The maximum absolute atomic E-state index is 12.2. The average Bonchev–Trinajstić information content (AvgIpc) is 2.73. The predicted octanol–water partition coefficient (Wildman–Crippen LogP) is 1.63. The Morgan fingerprint density at radius 3 is 2.28 bits per heavy atom. The van der Waals surface area contributed by atoms with E-state index in [4.69, 9.17) is 9.47 Å². The third kappa shape index (κ3) is 10.6. The van der Waals surface area contributed by atoms with Gasteiger partial charge in [-0.05, 0) is 25.0 Å². The molecule has 2 amide bonds. The van der Waals surface area contributed by atoms with Crippen LogP contribution < -0.4 is 15.4 Å². The SMILES string of the molecule is COC(=O)CC(CCCNC(=O)Oc1ccccc1)C(=O)OCCNC(=O)OC. The lowest BCUT2D eigenvalue weighted by Gasteiger charge is -2.15. The predicted molar refractivity (Wildman–Crippen MR) is 101 cm³/mol. The number of carbonyl (C=O) groups excluding carboxylic acids is 4. The van der Waals surface area contributed by atoms with Gasteiger partial charge in [-0.3, -0.25) is 9.59 Å². The van der Waals surface area contributed by atoms with Crippen LogP contribution in [0.25, 0.3) is 0 Å². The van der Waals surface area contributed by atoms with E-state index in [-0.39, 0.29) is 26.1 Å². The molecule has 10 nitrogen and oxygen atoms in total. The van der Waals surface area contributed by atoms with Crippen molar-refractivity contribution < 1.29 is 38.1 Å². The number of para-hydroxylation sites is 1. The van der Waals surface area contributed by atoms with Gasteiger partial charge in [-0.2, -0.15) is 0 Å². The van der Waals surface area contributed by atoms with E-state index in [1.54, 1.807) is 30.3 Å². The molecule has 160 valence electrons. The van der Waals surface area contributed by atoms with Gasteiger partial charge >= 0.3 is 24.1 Å². The number of esters is 2. The largest absolute Gasteiger partial charge is 0.469 e. The molecule has 1 aromatic carbocycles. The second kappa shape index (κ2) is 13.8. The summed E-state index contributed by atoms with van der Waals surface area (Å²) >= 11 is 0. The van der Waals surface area contributed by atoms with Gasteiger partial charge in [-0.1, -0.05) is 18.2 Å². The van der Waals surface area contributed by atoms with E-state index in [0.29, 0.717) is 18.6 Å². The van der Waals surface area contributed by atoms with Crippen molar-refractivity contribution in [1.82, 2.24) is 10.6 Å². The van der Waals surface area contributed by atoms with Crippen LogP contribution in [0.5, 0.6) is 5.75 Å². The Kier molecular flexibility index (Phi) is 11.3. The lowest BCUT2D eigenvalue weighted by Crippen LogP contribution is -2.31. The van der Waals surface area contributed by atoms with E-state index >= 15 is 0 Å². The minimum Gasteiger partial charge on any atom is -0.469 e. The van der Waals surface area contributed by atoms with Gasteiger partial charge in [0.05, 0.1) is 33.1 Å². The quantitative estimate of drug-likeness (QED) is 0.320. The van der Waals surface area contributed by atoms with Gasteiger partial charge in [0.25, 0.3) is 0 Å². The minimum atomic E-state index is -0.729. The third-order valence-corrected chi connectivity index (χ3v) is 3.73. The first kappa shape index (κ1) is 23.7. The number of rotatable bonds is 11. The van der Waals surface area contributed by atoms with Crippen molar-refractivity contribution in [3.05, 3.63) is 30.3 Å². The number of carbonyl (C=O) groups is 4. The summed E-state index contributed by atoms with van der Waals surface area (Å²) in [5.41, 5.74) is 0. The summed E-state index contributed by atoms with van der Waals surface area (Å²) in [4.78, 5) is 46.4. The zero-order valence-corrected chi connectivity index (χ0v) is 16.5. The van der Waals surface area contributed by atoms with Crippen LogP contribution in [-0.2, 0) is 23.8 Å². The van der Waals surface area contributed by atoms with Gasteiger partial charge in [0.2, 0.25) is 0 Å². The highest BCUT2D eigenvalue weighted by Gasteiger charge is 2.23. The topological polar surface area (TPSA) is 129 Å². The summed E-state index contributed by atoms with van der Waals surface area (Å²) in [6.45, 7) is 0.268. The highest BCUT2D eigenvalue weighted by Crippen LogP contribution is 2.14. The number of ether oxygens (including phenoxy) is 4. The average molecular weight is 410 g/mol. The molecule has 0 spiro atoms. The molecule has 1 unspecified atom stereocenters. The second-order valence-electron chi connectivity index (χ2n) is 5.83. The van der Waals surface area contributed by atoms with Gasteiger partial charge in [0.1, 0.15) is 12.4 Å². The molecule has 0 aromatic heterocycles. The Balaban J connectivity index is 2.37. The molecule has 0 aliphatic rings. The summed E-state index contributed by atoms with van der Waals surface area (Å²) in [7, 11) is 2.45. The normalized spacial score (nSPS) is 11.0. The molecule has 0 heterocycles. The van der Waals surface area contributed by atoms with E-state index in [0.717, 1.165) is 0 Å². The van der Waals surface area contributed by atoms with Crippen LogP contribution in [0.1, 0.15) is 19.3 Å². The summed E-state index contributed by atoms with van der Waals surface area (Å²) in [5.74, 6) is -1.45. The highest BCUT2D eigenvalue weighted by molar-refractivity contribution is 5.80. The molecule has 0 saturated carbocycles. The smallest absolute Gasteiger partial charge is 0.412 e. The van der Waals surface area contributed by atoms with Crippen molar-refractivity contribution in [2.45, 2.75) is 19.3 Å². The van der Waals surface area contributed by atoms with E-state index in [9.17, 15) is 19.2 Å². The van der Waals surface area contributed by atoms with E-state index < -0.39 is 30.0 Å². The van der Waals surface area contributed by atoms with Gasteiger partial charge < -0.3 is 29.6 Å². The number of methoxy groups -OCH3 is 2. The molecule has 0 bridgehead atoms. The summed E-state index contributed by atoms with van der Waals surface area (Å²) < 4.78 is 19.2. The Morgan fingerprint density at radius 2 is 1.62 bits per heavy atom. The number of amides is 2. The zero-order chi connectivity index (χ0) is 21.5. The van der Waals surface area contributed by atoms with Gasteiger partial charge in [-0.25, -0.2) is 9.59 Å². The molecule has 1 atom stereocenters. The van der Waals surface area contributed by atoms with Crippen LogP contribution in [0, 0.1) is 5.92 Å². The molecular weight excluding hydrogens is 384 g/mol. The van der Waals surface area contributed by atoms with Crippen LogP contribution in [0.3, 0.4) is 0 Å². The standard InChI is InChI=1S/C19H26N2O8/c1-26-16(22)13-14(17(23)28-12-11-21-18(24)27-2)7-6-10-20-19(25)29-15-8-4-3-5-9-15/h3-5,8-9,14H,6-7,10-13H2,1-2H3,(H,20,25)(H,21,24). The summed E-state index contributed by atoms with van der Waals surface area (Å²) in [5, 5.41) is 4.94. The Bertz CT molecular complexity index is 665. The molecular formula is C19H26N2O8. The van der Waals surface area contributed by atoms with Crippen LogP contribution in [0.4, 0.5) is 9.59 Å². The van der Waals surface area contributed by atoms with Crippen molar-refractivity contribution in [2.24, 2.45) is 5.92 Å². The minimum absolute atomic E-state index is 0.0622. The highest BCUT2D eigenvalue weighted by atomic mass is 16.6. The molecule has 0 aliphatic carbocycles. The molecule has 1 aromatic rings. The first-order valence-corrected chi connectivity index (χ1v) is 9.02. The first-order chi connectivity index (χ1) is 14.0. The van der Waals surface area contributed by atoms with Crippen molar-refractivity contribution >= 4 is 24.1 Å². The van der Waals surface area contributed by atoms with Gasteiger partial charge in [0, 0.05) is 6.54 Å². The molecule has 1 rings (SSSR count).